The first-order chi connectivity index (χ1) is 11.9. The Morgan fingerprint density at radius 2 is 1.72 bits per heavy atom. The second kappa shape index (κ2) is 6.60. The van der Waals surface area contributed by atoms with Gasteiger partial charge in [-0.1, -0.05) is 18.2 Å². The van der Waals surface area contributed by atoms with Crippen molar-refractivity contribution < 1.29 is 23.5 Å². The van der Waals surface area contributed by atoms with Gasteiger partial charge < -0.3 is 5.11 Å². The molecule has 7 heteroatoms. The van der Waals surface area contributed by atoms with Crippen molar-refractivity contribution in [1.29, 1.82) is 0 Å². The van der Waals surface area contributed by atoms with Gasteiger partial charge in [0.2, 0.25) is 0 Å². The predicted molar refractivity (Wildman–Crippen MR) is 86.8 cm³/mol. The molecule has 0 bridgehead atoms. The van der Waals surface area contributed by atoms with Crippen molar-refractivity contribution in [3.8, 4) is 0 Å². The summed E-state index contributed by atoms with van der Waals surface area (Å²) in [4.78, 5) is 27.1. The molecule has 1 heterocycles. The average Bonchev–Trinajstić information content (AvgIpc) is 2.80. The molecule has 0 radical (unpaired) electrons. The molecule has 1 N–H and O–H groups in total. The number of imide groups is 1. The summed E-state index contributed by atoms with van der Waals surface area (Å²) in [5.41, 5.74) is 0.381. The number of urea groups is 1. The molecule has 1 saturated heterocycles. The lowest BCUT2D eigenvalue weighted by molar-refractivity contribution is -0.128. The standard InChI is InChI=1S/C18H16F2N2O3/c1-11-17(24)21(10-16(23)14-4-2-3-5-15(14)20)18(25)22(11)13-8-6-12(19)7-9-13/h2-9,11,16,23H,10H2,1H3/t11-,16+/m0/s1. The number of hydrogen-bond acceptors (Lipinski definition) is 3. The van der Waals surface area contributed by atoms with Crippen LogP contribution in [0.25, 0.3) is 0 Å². The van der Waals surface area contributed by atoms with E-state index in [1.54, 1.807) is 13.0 Å². The maximum Gasteiger partial charge on any atom is 0.332 e. The van der Waals surface area contributed by atoms with Gasteiger partial charge in [-0.3, -0.25) is 14.6 Å². The van der Waals surface area contributed by atoms with Crippen LogP contribution in [0.1, 0.15) is 18.6 Å². The molecular weight excluding hydrogens is 330 g/mol. The largest absolute Gasteiger partial charge is 0.386 e. The average molecular weight is 346 g/mol. The maximum atomic E-state index is 13.8. The van der Waals surface area contributed by atoms with Crippen LogP contribution >= 0.6 is 0 Å². The maximum absolute atomic E-state index is 13.8. The lowest BCUT2D eigenvalue weighted by Crippen LogP contribution is -2.36. The van der Waals surface area contributed by atoms with E-state index in [0.717, 1.165) is 4.90 Å². The highest BCUT2D eigenvalue weighted by atomic mass is 19.1. The molecular formula is C18H16F2N2O3. The Morgan fingerprint density at radius 1 is 1.08 bits per heavy atom. The number of benzene rings is 2. The van der Waals surface area contributed by atoms with E-state index in [-0.39, 0.29) is 12.1 Å². The summed E-state index contributed by atoms with van der Waals surface area (Å²) in [7, 11) is 0. The van der Waals surface area contributed by atoms with Crippen LogP contribution in [-0.2, 0) is 4.79 Å². The molecule has 2 aromatic rings. The number of halogens is 2. The molecule has 0 aliphatic carbocycles. The minimum Gasteiger partial charge on any atom is -0.386 e. The molecule has 3 rings (SSSR count). The van der Waals surface area contributed by atoms with Gasteiger partial charge in [-0.2, -0.15) is 0 Å². The van der Waals surface area contributed by atoms with Crippen molar-refractivity contribution in [3.05, 3.63) is 65.7 Å². The van der Waals surface area contributed by atoms with Gasteiger partial charge in [-0.15, -0.1) is 0 Å². The number of rotatable bonds is 4. The number of aliphatic hydroxyl groups is 1. The topological polar surface area (TPSA) is 60.9 Å². The summed E-state index contributed by atoms with van der Waals surface area (Å²) in [5.74, 6) is -1.58. The fourth-order valence-corrected chi connectivity index (χ4v) is 2.85. The van der Waals surface area contributed by atoms with E-state index in [1.807, 2.05) is 0 Å². The fourth-order valence-electron chi connectivity index (χ4n) is 2.85. The number of amides is 3. The molecule has 0 spiro atoms. The second-order valence-corrected chi connectivity index (χ2v) is 5.79. The molecule has 2 aromatic carbocycles. The number of carbonyl (C=O) groups excluding carboxylic acids is 2. The minimum atomic E-state index is -1.34. The number of nitrogens with zero attached hydrogens (tertiary/aromatic N) is 2. The van der Waals surface area contributed by atoms with Gasteiger partial charge in [0, 0.05) is 11.3 Å². The second-order valence-electron chi connectivity index (χ2n) is 5.79. The van der Waals surface area contributed by atoms with Crippen molar-refractivity contribution in [2.75, 3.05) is 11.4 Å². The predicted octanol–water partition coefficient (Wildman–Crippen LogP) is 2.86. The van der Waals surface area contributed by atoms with E-state index in [9.17, 15) is 23.5 Å². The number of carbonyl (C=O) groups is 2. The van der Waals surface area contributed by atoms with Gasteiger partial charge in [-0.05, 0) is 37.3 Å². The highest BCUT2D eigenvalue weighted by molar-refractivity contribution is 6.14. The molecule has 2 atom stereocenters. The molecule has 130 valence electrons. The van der Waals surface area contributed by atoms with Gasteiger partial charge in [0.1, 0.15) is 17.7 Å². The van der Waals surface area contributed by atoms with Gasteiger partial charge in [0.05, 0.1) is 12.6 Å². The van der Waals surface area contributed by atoms with Gasteiger partial charge in [0.25, 0.3) is 5.91 Å². The van der Waals surface area contributed by atoms with Crippen molar-refractivity contribution in [3.63, 3.8) is 0 Å². The van der Waals surface area contributed by atoms with E-state index in [0.29, 0.717) is 5.69 Å². The lowest BCUT2D eigenvalue weighted by atomic mass is 10.1. The van der Waals surface area contributed by atoms with Crippen molar-refractivity contribution in [2.45, 2.75) is 19.1 Å². The first kappa shape index (κ1) is 17.0. The quantitative estimate of drug-likeness (QED) is 0.866. The van der Waals surface area contributed by atoms with Crippen molar-refractivity contribution >= 4 is 17.6 Å². The van der Waals surface area contributed by atoms with Crippen LogP contribution in [0, 0.1) is 11.6 Å². The smallest absolute Gasteiger partial charge is 0.332 e. The van der Waals surface area contributed by atoms with Crippen LogP contribution in [0.3, 0.4) is 0 Å². The van der Waals surface area contributed by atoms with Crippen LogP contribution in [-0.4, -0.2) is 34.5 Å². The highest BCUT2D eigenvalue weighted by Gasteiger charge is 2.44. The van der Waals surface area contributed by atoms with Gasteiger partial charge in [0.15, 0.2) is 0 Å². The first-order valence-electron chi connectivity index (χ1n) is 7.72. The van der Waals surface area contributed by atoms with E-state index in [2.05, 4.69) is 0 Å². The summed E-state index contributed by atoms with van der Waals surface area (Å²) in [6.45, 7) is 1.18. The van der Waals surface area contributed by atoms with Crippen LogP contribution in [0.4, 0.5) is 19.3 Å². The van der Waals surface area contributed by atoms with Crippen LogP contribution < -0.4 is 4.90 Å². The van der Waals surface area contributed by atoms with Gasteiger partial charge >= 0.3 is 6.03 Å². The Balaban J connectivity index is 1.83. The van der Waals surface area contributed by atoms with Crippen molar-refractivity contribution in [2.24, 2.45) is 0 Å². The monoisotopic (exact) mass is 346 g/mol. The third-order valence-electron chi connectivity index (χ3n) is 4.17. The number of aliphatic hydroxyl groups excluding tert-OH is 1. The van der Waals surface area contributed by atoms with Crippen molar-refractivity contribution in [1.82, 2.24) is 4.90 Å². The van der Waals surface area contributed by atoms with Crippen LogP contribution in [0.5, 0.6) is 0 Å². The Kier molecular flexibility index (Phi) is 4.50. The number of hydrogen-bond donors (Lipinski definition) is 1. The normalized spacial score (nSPS) is 18.8. The SMILES string of the molecule is C[C@H]1C(=O)N(C[C@@H](O)c2ccccc2F)C(=O)N1c1ccc(F)cc1. The van der Waals surface area contributed by atoms with Gasteiger partial charge in [-0.25, -0.2) is 13.6 Å². The molecule has 1 aliphatic heterocycles. The molecule has 1 aliphatic rings. The summed E-state index contributed by atoms with van der Waals surface area (Å²) in [6, 6.07) is 9.37. The zero-order valence-corrected chi connectivity index (χ0v) is 13.4. The fraction of sp³-hybridized carbons (Fsp3) is 0.222. The molecule has 25 heavy (non-hydrogen) atoms. The van der Waals surface area contributed by atoms with E-state index < -0.39 is 35.7 Å². The molecule has 0 unspecified atom stereocenters. The lowest BCUT2D eigenvalue weighted by Gasteiger charge is -2.21. The molecule has 3 amide bonds. The molecule has 1 fully saturated rings. The summed E-state index contributed by atoms with van der Waals surface area (Å²) in [6.07, 6.45) is -1.34. The Hall–Kier alpha value is -2.80. The number of β-amino-alcohol motifs (C(OH)–C–C–N with tert-alkyl or cyclic N) is 1. The third kappa shape index (κ3) is 3.10. The highest BCUT2D eigenvalue weighted by Crippen LogP contribution is 2.28. The Morgan fingerprint density at radius 3 is 2.36 bits per heavy atom. The molecule has 0 aromatic heterocycles. The van der Waals surface area contributed by atoms with Crippen LogP contribution in [0.2, 0.25) is 0 Å². The zero-order chi connectivity index (χ0) is 18.1. The van der Waals surface area contributed by atoms with Crippen LogP contribution in [0.15, 0.2) is 48.5 Å². The van der Waals surface area contributed by atoms with E-state index >= 15 is 0 Å². The summed E-state index contributed by atoms with van der Waals surface area (Å²) < 4.78 is 26.8. The Bertz CT molecular complexity index is 810. The zero-order valence-electron chi connectivity index (χ0n) is 13.4. The molecule has 0 saturated carbocycles. The summed E-state index contributed by atoms with van der Waals surface area (Å²) in [5, 5.41) is 10.2. The Labute approximate surface area is 143 Å². The van der Waals surface area contributed by atoms with E-state index in [1.165, 1.54) is 47.4 Å². The minimum absolute atomic E-state index is 0.0102. The first-order valence-corrected chi connectivity index (χ1v) is 7.72. The van der Waals surface area contributed by atoms with E-state index in [4.69, 9.17) is 0 Å². The number of anilines is 1. The summed E-state index contributed by atoms with van der Waals surface area (Å²) >= 11 is 0. The molecule has 5 nitrogen and oxygen atoms in total. The third-order valence-corrected chi connectivity index (χ3v) is 4.17.